The Hall–Kier alpha value is -0.870. The summed E-state index contributed by atoms with van der Waals surface area (Å²) in [5, 5.41) is 17.3. The van der Waals surface area contributed by atoms with Crippen molar-refractivity contribution in [2.45, 2.75) is 45.4 Å². The minimum absolute atomic E-state index is 0.164. The van der Waals surface area contributed by atoms with E-state index in [-0.39, 0.29) is 6.10 Å². The van der Waals surface area contributed by atoms with E-state index in [1.165, 1.54) is 18.5 Å². The molecule has 1 aromatic rings. The number of aromatic nitrogens is 2. The molecule has 1 heterocycles. The zero-order chi connectivity index (χ0) is 11.4. The van der Waals surface area contributed by atoms with E-state index in [1.807, 2.05) is 16.9 Å². The number of rotatable bonds is 7. The van der Waals surface area contributed by atoms with Crippen LogP contribution in [-0.4, -0.2) is 27.5 Å². The van der Waals surface area contributed by atoms with Gasteiger partial charge in [-0.3, -0.25) is 4.68 Å². The molecule has 1 fully saturated rings. The Bertz CT molecular complexity index is 320. The van der Waals surface area contributed by atoms with Gasteiger partial charge in [0.2, 0.25) is 0 Å². The molecule has 0 spiro atoms. The molecule has 1 saturated carbocycles. The highest BCUT2D eigenvalue weighted by molar-refractivity contribution is 5.00. The first kappa shape index (κ1) is 11.6. The minimum atomic E-state index is -0.164. The molecule has 2 rings (SSSR count). The van der Waals surface area contributed by atoms with Crippen molar-refractivity contribution in [3.8, 4) is 0 Å². The Morgan fingerprint density at radius 3 is 3.12 bits per heavy atom. The van der Waals surface area contributed by atoms with Gasteiger partial charge in [-0.15, -0.1) is 0 Å². The van der Waals surface area contributed by atoms with Crippen molar-refractivity contribution >= 4 is 0 Å². The first-order chi connectivity index (χ1) is 7.81. The fraction of sp³-hybridized carbons (Fsp3) is 0.750. The molecule has 90 valence electrons. The molecule has 0 amide bonds. The molecule has 16 heavy (non-hydrogen) atoms. The summed E-state index contributed by atoms with van der Waals surface area (Å²) in [5.74, 6) is 0.549. The van der Waals surface area contributed by atoms with Gasteiger partial charge in [0.05, 0.1) is 11.8 Å². The number of nitrogens with one attached hydrogen (secondary N) is 1. The number of hydrogen-bond acceptors (Lipinski definition) is 3. The molecular formula is C12H21N3O. The fourth-order valence-electron chi connectivity index (χ4n) is 1.92. The van der Waals surface area contributed by atoms with Crippen LogP contribution in [-0.2, 0) is 13.1 Å². The SMILES string of the molecule is CCCn1nccc1CNCC(O)C1CC1. The number of aliphatic hydroxyl groups excluding tert-OH is 1. The van der Waals surface area contributed by atoms with Gasteiger partial charge in [-0.2, -0.15) is 5.10 Å². The predicted octanol–water partition coefficient (Wildman–Crippen LogP) is 1.15. The highest BCUT2D eigenvalue weighted by atomic mass is 16.3. The van der Waals surface area contributed by atoms with Crippen LogP contribution in [0.1, 0.15) is 31.9 Å². The zero-order valence-electron chi connectivity index (χ0n) is 9.89. The van der Waals surface area contributed by atoms with Gasteiger partial charge in [0, 0.05) is 25.8 Å². The topological polar surface area (TPSA) is 50.1 Å². The van der Waals surface area contributed by atoms with Crippen molar-refractivity contribution in [2.24, 2.45) is 5.92 Å². The van der Waals surface area contributed by atoms with Gasteiger partial charge in [-0.05, 0) is 31.2 Å². The third-order valence-corrected chi connectivity index (χ3v) is 3.07. The summed E-state index contributed by atoms with van der Waals surface area (Å²) >= 11 is 0. The maximum atomic E-state index is 9.71. The van der Waals surface area contributed by atoms with Gasteiger partial charge in [-0.25, -0.2) is 0 Å². The number of hydrogen-bond donors (Lipinski definition) is 2. The van der Waals surface area contributed by atoms with Crippen molar-refractivity contribution in [3.63, 3.8) is 0 Å². The molecule has 1 atom stereocenters. The van der Waals surface area contributed by atoms with E-state index >= 15 is 0 Å². The maximum absolute atomic E-state index is 9.71. The summed E-state index contributed by atoms with van der Waals surface area (Å²) in [6.45, 7) is 4.61. The second-order valence-electron chi connectivity index (χ2n) is 4.58. The van der Waals surface area contributed by atoms with Gasteiger partial charge >= 0.3 is 0 Å². The van der Waals surface area contributed by atoms with E-state index in [2.05, 4.69) is 17.3 Å². The first-order valence-electron chi connectivity index (χ1n) is 6.20. The van der Waals surface area contributed by atoms with Crippen LogP contribution in [0.3, 0.4) is 0 Å². The molecule has 0 bridgehead atoms. The maximum Gasteiger partial charge on any atom is 0.0692 e. The van der Waals surface area contributed by atoms with Crippen LogP contribution >= 0.6 is 0 Å². The van der Waals surface area contributed by atoms with E-state index in [9.17, 15) is 5.11 Å². The third kappa shape index (κ3) is 3.06. The zero-order valence-corrected chi connectivity index (χ0v) is 9.89. The predicted molar refractivity (Wildman–Crippen MR) is 63.0 cm³/mol. The van der Waals surface area contributed by atoms with Gasteiger partial charge < -0.3 is 10.4 Å². The Labute approximate surface area is 96.7 Å². The Morgan fingerprint density at radius 2 is 2.44 bits per heavy atom. The molecule has 0 saturated heterocycles. The lowest BCUT2D eigenvalue weighted by Gasteiger charge is -2.11. The molecule has 0 aliphatic heterocycles. The average Bonchev–Trinajstić information content (AvgIpc) is 3.03. The number of nitrogens with zero attached hydrogens (tertiary/aromatic N) is 2. The van der Waals surface area contributed by atoms with Crippen molar-refractivity contribution in [1.82, 2.24) is 15.1 Å². The molecule has 4 heteroatoms. The number of aliphatic hydroxyl groups is 1. The smallest absolute Gasteiger partial charge is 0.0692 e. The molecule has 1 aliphatic rings. The van der Waals surface area contributed by atoms with Crippen LogP contribution < -0.4 is 5.32 Å². The van der Waals surface area contributed by atoms with Gasteiger partial charge in [0.1, 0.15) is 0 Å². The molecule has 0 radical (unpaired) electrons. The summed E-state index contributed by atoms with van der Waals surface area (Å²) in [7, 11) is 0. The highest BCUT2D eigenvalue weighted by Gasteiger charge is 2.29. The van der Waals surface area contributed by atoms with E-state index in [4.69, 9.17) is 0 Å². The molecule has 2 N–H and O–H groups in total. The third-order valence-electron chi connectivity index (χ3n) is 3.07. The summed E-state index contributed by atoms with van der Waals surface area (Å²) in [5.41, 5.74) is 1.20. The molecule has 1 aliphatic carbocycles. The fourth-order valence-corrected chi connectivity index (χ4v) is 1.92. The van der Waals surface area contributed by atoms with Gasteiger partial charge in [-0.1, -0.05) is 6.92 Å². The van der Waals surface area contributed by atoms with E-state index in [1.54, 1.807) is 0 Å². The van der Waals surface area contributed by atoms with Crippen molar-refractivity contribution in [2.75, 3.05) is 6.54 Å². The molecule has 0 aromatic carbocycles. The first-order valence-corrected chi connectivity index (χ1v) is 6.20. The lowest BCUT2D eigenvalue weighted by atomic mass is 10.2. The number of aryl methyl sites for hydroxylation is 1. The average molecular weight is 223 g/mol. The van der Waals surface area contributed by atoms with Gasteiger partial charge in [0.25, 0.3) is 0 Å². The molecular weight excluding hydrogens is 202 g/mol. The van der Waals surface area contributed by atoms with E-state index in [0.717, 1.165) is 19.5 Å². The Kier molecular flexibility index (Phi) is 3.96. The van der Waals surface area contributed by atoms with E-state index in [0.29, 0.717) is 12.5 Å². The summed E-state index contributed by atoms with van der Waals surface area (Å²) in [6, 6.07) is 2.03. The van der Waals surface area contributed by atoms with Crippen LogP contribution in [0.25, 0.3) is 0 Å². The van der Waals surface area contributed by atoms with Crippen LogP contribution in [0.2, 0.25) is 0 Å². The molecule has 1 aromatic heterocycles. The molecule has 4 nitrogen and oxygen atoms in total. The van der Waals surface area contributed by atoms with Gasteiger partial charge in [0.15, 0.2) is 0 Å². The van der Waals surface area contributed by atoms with Crippen molar-refractivity contribution in [3.05, 3.63) is 18.0 Å². The lowest BCUT2D eigenvalue weighted by Crippen LogP contribution is -2.28. The van der Waals surface area contributed by atoms with E-state index < -0.39 is 0 Å². The quantitative estimate of drug-likeness (QED) is 0.729. The highest BCUT2D eigenvalue weighted by Crippen LogP contribution is 2.32. The lowest BCUT2D eigenvalue weighted by molar-refractivity contribution is 0.148. The standard InChI is InChI=1S/C12H21N3O/c1-2-7-15-11(5-6-14-15)8-13-9-12(16)10-3-4-10/h5-6,10,12-13,16H,2-4,7-9H2,1H3. The van der Waals surface area contributed by atoms with Crippen LogP contribution in [0.4, 0.5) is 0 Å². The second-order valence-corrected chi connectivity index (χ2v) is 4.58. The normalized spacial score (nSPS) is 17.6. The molecule has 1 unspecified atom stereocenters. The van der Waals surface area contributed by atoms with Crippen molar-refractivity contribution < 1.29 is 5.11 Å². The Balaban J connectivity index is 1.73. The second kappa shape index (κ2) is 5.46. The Morgan fingerprint density at radius 1 is 1.62 bits per heavy atom. The van der Waals surface area contributed by atoms with Crippen LogP contribution in [0.15, 0.2) is 12.3 Å². The van der Waals surface area contributed by atoms with Crippen LogP contribution in [0.5, 0.6) is 0 Å². The summed E-state index contributed by atoms with van der Waals surface area (Å²) in [6.07, 6.45) is 5.15. The summed E-state index contributed by atoms with van der Waals surface area (Å²) < 4.78 is 2.02. The monoisotopic (exact) mass is 223 g/mol. The largest absolute Gasteiger partial charge is 0.392 e. The minimum Gasteiger partial charge on any atom is -0.392 e. The van der Waals surface area contributed by atoms with Crippen molar-refractivity contribution in [1.29, 1.82) is 0 Å². The summed E-state index contributed by atoms with van der Waals surface area (Å²) in [4.78, 5) is 0. The van der Waals surface area contributed by atoms with Crippen LogP contribution in [0, 0.1) is 5.92 Å².